The highest BCUT2D eigenvalue weighted by Crippen LogP contribution is 2.20. The highest BCUT2D eigenvalue weighted by Gasteiger charge is 2.19. The minimum absolute atomic E-state index is 0.133. The second-order valence-corrected chi connectivity index (χ2v) is 7.25. The van der Waals surface area contributed by atoms with Gasteiger partial charge in [-0.25, -0.2) is 13.1 Å². The van der Waals surface area contributed by atoms with Gasteiger partial charge in [0.25, 0.3) is 0 Å². The molecule has 0 aliphatic carbocycles. The molecule has 0 amide bonds. The third-order valence-corrected chi connectivity index (χ3v) is 5.90. The Morgan fingerprint density at radius 3 is 3.00 bits per heavy atom. The molecule has 18 heavy (non-hydrogen) atoms. The van der Waals surface area contributed by atoms with E-state index in [1.165, 1.54) is 6.07 Å². The van der Waals surface area contributed by atoms with Crippen molar-refractivity contribution in [2.45, 2.75) is 23.7 Å². The summed E-state index contributed by atoms with van der Waals surface area (Å²) in [4.78, 5) is 0. The summed E-state index contributed by atoms with van der Waals surface area (Å²) >= 11 is 1.13. The molecule has 0 spiro atoms. The maximum absolute atomic E-state index is 11.9. The van der Waals surface area contributed by atoms with E-state index in [1.807, 2.05) is 0 Å². The lowest BCUT2D eigenvalue weighted by Gasteiger charge is -2.08. The van der Waals surface area contributed by atoms with Crippen LogP contribution in [0.2, 0.25) is 0 Å². The number of nitrogens with one attached hydrogen (secondary N) is 1. The van der Waals surface area contributed by atoms with Crippen LogP contribution >= 0.6 is 11.3 Å². The highest BCUT2D eigenvalue weighted by molar-refractivity contribution is 7.91. The van der Waals surface area contributed by atoms with Gasteiger partial charge in [0.2, 0.25) is 10.0 Å². The summed E-state index contributed by atoms with van der Waals surface area (Å²) in [6, 6.07) is 1.51. The van der Waals surface area contributed by atoms with E-state index in [4.69, 9.17) is 9.84 Å². The second kappa shape index (κ2) is 6.12. The van der Waals surface area contributed by atoms with E-state index in [2.05, 4.69) is 4.72 Å². The molecule has 1 aliphatic heterocycles. The van der Waals surface area contributed by atoms with Crippen LogP contribution in [0.25, 0.3) is 0 Å². The molecule has 1 aliphatic rings. The fraction of sp³-hybridized carbons (Fsp3) is 0.636. The average molecular weight is 291 g/mol. The maximum Gasteiger partial charge on any atom is 0.250 e. The largest absolute Gasteiger partial charge is 0.392 e. The number of hydrogen-bond acceptors (Lipinski definition) is 5. The van der Waals surface area contributed by atoms with E-state index in [-0.39, 0.29) is 10.8 Å². The molecule has 5 nitrogen and oxygen atoms in total. The summed E-state index contributed by atoms with van der Waals surface area (Å²) in [5, 5.41) is 10.6. The standard InChI is InChI=1S/C11H17NO4S2/c13-6-10-5-11(17-8-10)18(14,15)12-3-1-9-2-4-16-7-9/h5,8-9,12-13H,1-4,6-7H2. The summed E-state index contributed by atoms with van der Waals surface area (Å²) in [7, 11) is -3.42. The molecule has 0 radical (unpaired) electrons. The van der Waals surface area contributed by atoms with Crippen molar-refractivity contribution in [3.8, 4) is 0 Å². The van der Waals surface area contributed by atoms with E-state index in [0.29, 0.717) is 18.0 Å². The monoisotopic (exact) mass is 291 g/mol. The summed E-state index contributed by atoms with van der Waals surface area (Å²) in [6.45, 7) is 1.81. The van der Waals surface area contributed by atoms with Crippen LogP contribution in [0, 0.1) is 5.92 Å². The molecule has 2 rings (SSSR count). The molecule has 1 saturated heterocycles. The van der Waals surface area contributed by atoms with E-state index < -0.39 is 10.0 Å². The number of sulfonamides is 1. The minimum Gasteiger partial charge on any atom is -0.392 e. The van der Waals surface area contributed by atoms with Gasteiger partial charge in [0, 0.05) is 19.8 Å². The van der Waals surface area contributed by atoms with Crippen molar-refractivity contribution in [3.63, 3.8) is 0 Å². The van der Waals surface area contributed by atoms with Gasteiger partial charge in [-0.1, -0.05) is 0 Å². The highest BCUT2D eigenvalue weighted by atomic mass is 32.2. The summed E-state index contributed by atoms with van der Waals surface area (Å²) in [5.74, 6) is 0.462. The van der Waals surface area contributed by atoms with Crippen molar-refractivity contribution in [1.29, 1.82) is 0 Å². The normalized spacial score (nSPS) is 20.4. The average Bonchev–Trinajstić information content (AvgIpc) is 2.99. The Morgan fingerprint density at radius 2 is 2.39 bits per heavy atom. The first-order chi connectivity index (χ1) is 8.62. The summed E-state index contributed by atoms with van der Waals surface area (Å²) in [6.07, 6.45) is 1.81. The Labute approximate surface area is 111 Å². The zero-order valence-corrected chi connectivity index (χ0v) is 11.6. The molecule has 1 fully saturated rings. The maximum atomic E-state index is 11.9. The second-order valence-electron chi connectivity index (χ2n) is 4.35. The number of aliphatic hydroxyl groups excluding tert-OH is 1. The van der Waals surface area contributed by atoms with Crippen LogP contribution in [0.1, 0.15) is 18.4 Å². The molecule has 1 aromatic heterocycles. The van der Waals surface area contributed by atoms with Crippen molar-refractivity contribution >= 4 is 21.4 Å². The lowest BCUT2D eigenvalue weighted by Crippen LogP contribution is -2.25. The van der Waals surface area contributed by atoms with Crippen LogP contribution in [-0.4, -0.2) is 33.3 Å². The van der Waals surface area contributed by atoms with Gasteiger partial charge in [0.15, 0.2) is 0 Å². The van der Waals surface area contributed by atoms with Crippen LogP contribution in [0.15, 0.2) is 15.7 Å². The molecule has 7 heteroatoms. The van der Waals surface area contributed by atoms with Gasteiger partial charge < -0.3 is 9.84 Å². The molecule has 2 N–H and O–H groups in total. The van der Waals surface area contributed by atoms with Crippen molar-refractivity contribution < 1.29 is 18.3 Å². The van der Waals surface area contributed by atoms with Gasteiger partial charge in [-0.3, -0.25) is 0 Å². The first kappa shape index (κ1) is 14.0. The fourth-order valence-corrected chi connectivity index (χ4v) is 4.15. The van der Waals surface area contributed by atoms with E-state index in [9.17, 15) is 8.42 Å². The molecule has 102 valence electrons. The molecule has 0 bridgehead atoms. The Morgan fingerprint density at radius 1 is 1.56 bits per heavy atom. The number of rotatable bonds is 6. The van der Waals surface area contributed by atoms with Gasteiger partial charge in [-0.15, -0.1) is 11.3 Å². The molecular weight excluding hydrogens is 274 g/mol. The van der Waals surface area contributed by atoms with Gasteiger partial charge in [-0.05, 0) is 35.8 Å². The van der Waals surface area contributed by atoms with E-state index in [1.54, 1.807) is 5.38 Å². The van der Waals surface area contributed by atoms with Crippen molar-refractivity contribution in [2.75, 3.05) is 19.8 Å². The molecule has 2 heterocycles. The molecule has 0 aromatic carbocycles. The number of aliphatic hydroxyl groups is 1. The Balaban J connectivity index is 1.86. The smallest absolute Gasteiger partial charge is 0.250 e. The number of ether oxygens (including phenoxy) is 1. The molecule has 1 aromatic rings. The molecule has 1 atom stereocenters. The molecule has 1 unspecified atom stereocenters. The van der Waals surface area contributed by atoms with Crippen molar-refractivity contribution in [1.82, 2.24) is 4.72 Å². The van der Waals surface area contributed by atoms with Crippen LogP contribution in [0.3, 0.4) is 0 Å². The summed E-state index contributed by atoms with van der Waals surface area (Å²) < 4.78 is 31.9. The van der Waals surface area contributed by atoms with E-state index in [0.717, 1.165) is 37.4 Å². The Bertz CT molecular complexity index is 477. The lowest BCUT2D eigenvalue weighted by atomic mass is 10.1. The van der Waals surface area contributed by atoms with Gasteiger partial charge >= 0.3 is 0 Å². The number of hydrogen-bond donors (Lipinski definition) is 2. The Kier molecular flexibility index (Phi) is 4.74. The predicted molar refractivity (Wildman–Crippen MR) is 69.0 cm³/mol. The zero-order valence-electron chi connectivity index (χ0n) is 9.96. The Hall–Kier alpha value is -0.470. The van der Waals surface area contributed by atoms with Crippen molar-refractivity contribution in [3.05, 3.63) is 17.0 Å². The van der Waals surface area contributed by atoms with Crippen molar-refractivity contribution in [2.24, 2.45) is 5.92 Å². The SMILES string of the molecule is O=S(=O)(NCCC1CCOC1)c1cc(CO)cs1. The summed E-state index contributed by atoms with van der Waals surface area (Å²) in [5.41, 5.74) is 0.629. The van der Waals surface area contributed by atoms with Gasteiger partial charge in [-0.2, -0.15) is 0 Å². The predicted octanol–water partition coefficient (Wildman–Crippen LogP) is 0.945. The third-order valence-electron chi connectivity index (χ3n) is 2.95. The van der Waals surface area contributed by atoms with Crippen LogP contribution in [-0.2, 0) is 21.4 Å². The van der Waals surface area contributed by atoms with Crippen LogP contribution in [0.4, 0.5) is 0 Å². The topological polar surface area (TPSA) is 75.6 Å². The number of thiophene rings is 1. The first-order valence-electron chi connectivity index (χ1n) is 5.87. The zero-order chi connectivity index (χ0) is 13.0. The van der Waals surface area contributed by atoms with Crippen LogP contribution in [0.5, 0.6) is 0 Å². The van der Waals surface area contributed by atoms with E-state index >= 15 is 0 Å². The quantitative estimate of drug-likeness (QED) is 0.818. The third kappa shape index (κ3) is 3.52. The lowest BCUT2D eigenvalue weighted by molar-refractivity contribution is 0.184. The fourth-order valence-electron chi connectivity index (χ4n) is 1.86. The minimum atomic E-state index is -3.42. The molecule has 0 saturated carbocycles. The van der Waals surface area contributed by atoms with Gasteiger partial charge in [0.05, 0.1) is 6.61 Å². The van der Waals surface area contributed by atoms with Gasteiger partial charge in [0.1, 0.15) is 4.21 Å². The molecular formula is C11H17NO4S2. The first-order valence-corrected chi connectivity index (χ1v) is 8.24. The van der Waals surface area contributed by atoms with Crippen LogP contribution < -0.4 is 4.72 Å².